The van der Waals surface area contributed by atoms with Gasteiger partial charge < -0.3 is 9.64 Å². The van der Waals surface area contributed by atoms with E-state index in [4.69, 9.17) is 4.74 Å². The predicted octanol–water partition coefficient (Wildman–Crippen LogP) is 5.21. The van der Waals surface area contributed by atoms with Crippen LogP contribution < -0.4 is 0 Å². The Morgan fingerprint density at radius 2 is 2.04 bits per heavy atom. The first-order valence-corrected chi connectivity index (χ1v) is 10.8. The van der Waals surface area contributed by atoms with Gasteiger partial charge in [0.2, 0.25) is 0 Å². The largest absolute Gasteiger partial charge is 0.444 e. The maximum absolute atomic E-state index is 12.2. The lowest BCUT2D eigenvalue weighted by Crippen LogP contribution is -2.39. The van der Waals surface area contributed by atoms with E-state index in [1.165, 1.54) is 37.5 Å². The SMILES string of the molecule is CC(C)(C)OC(=O)N1CCc2cc(C=C3SCCCS3)sc2C1. The summed E-state index contributed by atoms with van der Waals surface area (Å²) in [7, 11) is 0. The highest BCUT2D eigenvalue weighted by Crippen LogP contribution is 2.38. The maximum Gasteiger partial charge on any atom is 0.410 e. The summed E-state index contributed by atoms with van der Waals surface area (Å²) >= 11 is 5.74. The first kappa shape index (κ1) is 17.2. The van der Waals surface area contributed by atoms with E-state index in [1.807, 2.05) is 60.5 Å². The van der Waals surface area contributed by atoms with Crippen molar-refractivity contribution in [3.8, 4) is 0 Å². The fourth-order valence-electron chi connectivity index (χ4n) is 2.54. The molecule has 0 atom stereocenters. The summed E-state index contributed by atoms with van der Waals surface area (Å²) in [5.41, 5.74) is 0.963. The third-order valence-corrected chi connectivity index (χ3v) is 7.20. The summed E-state index contributed by atoms with van der Waals surface area (Å²) in [6, 6.07) is 2.30. The number of carbonyl (C=O) groups is 1. The van der Waals surface area contributed by atoms with Crippen LogP contribution in [0.5, 0.6) is 0 Å². The summed E-state index contributed by atoms with van der Waals surface area (Å²) in [4.78, 5) is 16.7. The van der Waals surface area contributed by atoms with Gasteiger partial charge >= 0.3 is 6.09 Å². The highest BCUT2D eigenvalue weighted by molar-refractivity contribution is 8.23. The number of hydrogen-bond donors (Lipinski definition) is 0. The Morgan fingerprint density at radius 1 is 1.30 bits per heavy atom. The number of carbonyl (C=O) groups excluding carboxylic acids is 1. The molecule has 0 radical (unpaired) electrons. The second kappa shape index (κ2) is 7.11. The molecule has 0 unspecified atom stereocenters. The first-order valence-electron chi connectivity index (χ1n) is 7.97. The highest BCUT2D eigenvalue weighted by Gasteiger charge is 2.26. The molecule has 1 aromatic rings. The van der Waals surface area contributed by atoms with Crippen molar-refractivity contribution in [3.63, 3.8) is 0 Å². The lowest BCUT2D eigenvalue weighted by molar-refractivity contribution is 0.0226. The molecule has 2 aliphatic rings. The number of nitrogens with zero attached hydrogens (tertiary/aromatic N) is 1. The van der Waals surface area contributed by atoms with E-state index < -0.39 is 5.60 Å². The van der Waals surface area contributed by atoms with Gasteiger partial charge in [-0.1, -0.05) is 0 Å². The first-order chi connectivity index (χ1) is 10.9. The molecule has 1 saturated heterocycles. The Balaban J connectivity index is 1.68. The summed E-state index contributed by atoms with van der Waals surface area (Å²) in [6.45, 7) is 7.16. The summed E-state index contributed by atoms with van der Waals surface area (Å²) < 4.78 is 6.92. The maximum atomic E-state index is 12.2. The van der Waals surface area contributed by atoms with Gasteiger partial charge in [0.1, 0.15) is 5.60 Å². The number of ether oxygens (including phenoxy) is 1. The van der Waals surface area contributed by atoms with Crippen molar-refractivity contribution < 1.29 is 9.53 Å². The number of hydrogen-bond acceptors (Lipinski definition) is 5. The number of amides is 1. The van der Waals surface area contributed by atoms with Gasteiger partial charge in [0.15, 0.2) is 0 Å². The minimum Gasteiger partial charge on any atom is -0.444 e. The van der Waals surface area contributed by atoms with Gasteiger partial charge in [0.05, 0.1) is 6.54 Å². The Bertz CT molecular complexity index is 608. The van der Waals surface area contributed by atoms with Gasteiger partial charge in [-0.25, -0.2) is 4.79 Å². The molecule has 0 spiro atoms. The zero-order valence-electron chi connectivity index (χ0n) is 13.9. The Kier molecular flexibility index (Phi) is 5.33. The van der Waals surface area contributed by atoms with Gasteiger partial charge in [0.25, 0.3) is 0 Å². The van der Waals surface area contributed by atoms with Crippen LogP contribution in [-0.2, 0) is 17.7 Å². The van der Waals surface area contributed by atoms with Crippen LogP contribution in [0.2, 0.25) is 0 Å². The van der Waals surface area contributed by atoms with Crippen molar-refractivity contribution in [1.82, 2.24) is 4.90 Å². The number of fused-ring (bicyclic) bond motifs is 1. The molecular formula is C17H23NO2S3. The van der Waals surface area contributed by atoms with Crippen LogP contribution in [-0.4, -0.2) is 34.6 Å². The molecule has 6 heteroatoms. The Hall–Kier alpha value is -0.590. The fourth-order valence-corrected chi connectivity index (χ4v) is 6.28. The molecule has 1 fully saturated rings. The van der Waals surface area contributed by atoms with Gasteiger partial charge in [-0.2, -0.15) is 0 Å². The van der Waals surface area contributed by atoms with E-state index in [1.54, 1.807) is 0 Å². The quantitative estimate of drug-likeness (QED) is 0.679. The zero-order valence-corrected chi connectivity index (χ0v) is 16.3. The van der Waals surface area contributed by atoms with Crippen LogP contribution in [0.25, 0.3) is 6.08 Å². The van der Waals surface area contributed by atoms with Crippen LogP contribution in [0.3, 0.4) is 0 Å². The van der Waals surface area contributed by atoms with Crippen molar-refractivity contribution in [2.45, 2.75) is 45.8 Å². The van der Waals surface area contributed by atoms with Gasteiger partial charge in [-0.05, 0) is 62.8 Å². The van der Waals surface area contributed by atoms with Gasteiger partial charge in [-0.3, -0.25) is 0 Å². The van der Waals surface area contributed by atoms with Crippen molar-refractivity contribution in [2.75, 3.05) is 18.1 Å². The standard InChI is InChI=1S/C17H23NO2S3/c1-17(2,3)20-16(19)18-6-5-12-9-13(23-14(12)11-18)10-15-21-7-4-8-22-15/h9-10H,4-8,11H2,1-3H3. The second-order valence-electron chi connectivity index (χ2n) is 6.76. The number of rotatable bonds is 1. The molecule has 0 N–H and O–H groups in total. The van der Waals surface area contributed by atoms with E-state index in [0.29, 0.717) is 6.54 Å². The molecule has 1 aromatic heterocycles. The lowest BCUT2D eigenvalue weighted by Gasteiger charge is -2.29. The number of thioether (sulfide) groups is 2. The fraction of sp³-hybridized carbons (Fsp3) is 0.588. The van der Waals surface area contributed by atoms with E-state index in [-0.39, 0.29) is 6.09 Å². The zero-order chi connectivity index (χ0) is 16.4. The molecule has 0 saturated carbocycles. The van der Waals surface area contributed by atoms with Crippen LogP contribution in [0.15, 0.2) is 10.3 Å². The molecule has 2 aliphatic heterocycles. The normalized spacial score (nSPS) is 18.6. The summed E-state index contributed by atoms with van der Waals surface area (Å²) in [6.07, 6.45) is 4.34. The lowest BCUT2D eigenvalue weighted by atomic mass is 10.1. The van der Waals surface area contributed by atoms with Crippen molar-refractivity contribution in [1.29, 1.82) is 0 Å². The van der Waals surface area contributed by atoms with Crippen molar-refractivity contribution in [3.05, 3.63) is 25.6 Å². The molecule has 3 nitrogen and oxygen atoms in total. The van der Waals surface area contributed by atoms with Crippen molar-refractivity contribution in [2.24, 2.45) is 0 Å². The van der Waals surface area contributed by atoms with E-state index in [9.17, 15) is 4.79 Å². The number of thiophene rings is 1. The molecule has 0 aromatic carbocycles. The predicted molar refractivity (Wildman–Crippen MR) is 102 cm³/mol. The molecule has 0 aliphatic carbocycles. The van der Waals surface area contributed by atoms with Crippen LogP contribution in [0.1, 0.15) is 42.5 Å². The third kappa shape index (κ3) is 4.70. The molecular weight excluding hydrogens is 346 g/mol. The van der Waals surface area contributed by atoms with Gasteiger partial charge in [-0.15, -0.1) is 34.9 Å². The Morgan fingerprint density at radius 3 is 2.74 bits per heavy atom. The van der Waals surface area contributed by atoms with E-state index >= 15 is 0 Å². The van der Waals surface area contributed by atoms with E-state index in [0.717, 1.165) is 13.0 Å². The molecule has 3 heterocycles. The average Bonchev–Trinajstić information content (AvgIpc) is 2.87. The van der Waals surface area contributed by atoms with Crippen molar-refractivity contribution >= 4 is 47.0 Å². The monoisotopic (exact) mass is 369 g/mol. The van der Waals surface area contributed by atoms with Crippen LogP contribution in [0.4, 0.5) is 4.79 Å². The summed E-state index contributed by atoms with van der Waals surface area (Å²) in [5.74, 6) is 2.46. The average molecular weight is 370 g/mol. The van der Waals surface area contributed by atoms with Crippen LogP contribution >= 0.6 is 34.9 Å². The van der Waals surface area contributed by atoms with E-state index in [2.05, 4.69) is 12.1 Å². The summed E-state index contributed by atoms with van der Waals surface area (Å²) in [5, 5.41) is 0. The molecule has 23 heavy (non-hydrogen) atoms. The smallest absolute Gasteiger partial charge is 0.410 e. The Labute approximate surface area is 150 Å². The molecule has 1 amide bonds. The molecule has 0 bridgehead atoms. The molecule has 3 rings (SSSR count). The van der Waals surface area contributed by atoms with Gasteiger partial charge in [0, 0.05) is 20.5 Å². The third-order valence-electron chi connectivity index (χ3n) is 3.59. The minimum absolute atomic E-state index is 0.199. The topological polar surface area (TPSA) is 29.5 Å². The van der Waals surface area contributed by atoms with Crippen LogP contribution in [0, 0.1) is 0 Å². The minimum atomic E-state index is -0.433. The highest BCUT2D eigenvalue weighted by atomic mass is 32.2. The molecule has 126 valence electrons. The second-order valence-corrected chi connectivity index (χ2v) is 10.5.